The highest BCUT2D eigenvalue weighted by Crippen LogP contribution is 2.19. The molecule has 0 spiro atoms. The molecular weight excluding hydrogens is 418 g/mol. The molecule has 0 aliphatic heterocycles. The Morgan fingerprint density at radius 2 is 2.06 bits per heavy atom. The number of ether oxygens (including phenoxy) is 1. The molecule has 0 radical (unpaired) electrons. The van der Waals surface area contributed by atoms with Gasteiger partial charge in [0.25, 0.3) is 0 Å². The molecule has 1 heterocycles. The number of anilines is 2. The van der Waals surface area contributed by atoms with Gasteiger partial charge in [-0.3, -0.25) is 0 Å². The van der Waals surface area contributed by atoms with Crippen molar-refractivity contribution in [1.29, 1.82) is 5.26 Å². The number of nitrogens with two attached hydrogens (primary N) is 1. The van der Waals surface area contributed by atoms with E-state index in [2.05, 4.69) is 43.5 Å². The predicted molar refractivity (Wildman–Crippen MR) is 128 cm³/mol. The van der Waals surface area contributed by atoms with E-state index in [-0.39, 0.29) is 0 Å². The molecule has 4 N–H and O–H groups in total. The Morgan fingerprint density at radius 3 is 2.73 bits per heavy atom. The summed E-state index contributed by atoms with van der Waals surface area (Å²) in [7, 11) is 0. The number of nitriles is 1. The molecule has 1 aromatic carbocycles. The molecule has 0 bridgehead atoms. The minimum absolute atomic E-state index is 0.343. The summed E-state index contributed by atoms with van der Waals surface area (Å²) < 4.78 is 5.19. The summed E-state index contributed by atoms with van der Waals surface area (Å²) in [5, 5.41) is 14.7. The van der Waals surface area contributed by atoms with Crippen molar-refractivity contribution in [1.82, 2.24) is 15.3 Å². The average Bonchev–Trinajstić information content (AvgIpc) is 2.77. The third-order valence-electron chi connectivity index (χ3n) is 3.80. The number of hydrogen-bond acceptors (Lipinski definition) is 8. The molecule has 0 aliphatic rings. The molecule has 0 atom stereocenters. The Balaban J connectivity index is 2.02. The summed E-state index contributed by atoms with van der Waals surface area (Å²) in [6.07, 6.45) is 6.83. The van der Waals surface area contributed by atoms with Crippen molar-refractivity contribution in [2.24, 2.45) is 10.7 Å². The van der Waals surface area contributed by atoms with Crippen LogP contribution in [0.25, 0.3) is 0 Å². The van der Waals surface area contributed by atoms with Gasteiger partial charge in [0.1, 0.15) is 5.60 Å². The van der Waals surface area contributed by atoms with Crippen molar-refractivity contribution in [2.75, 3.05) is 11.9 Å². The number of aromatic nitrogens is 2. The lowest BCUT2D eigenvalue weighted by Gasteiger charge is -2.19. The smallest absolute Gasteiger partial charge is 0.407 e. The maximum absolute atomic E-state index is 11.6. The number of carbonyl (C=O) groups excluding carboxylic acids is 1. The standard InChI is InChI=1S/C24H27N7O2/c1-24(2,3)33-23(32)28-14-6-4-5-8-19-17-29-22(31-21(19)27-15-7-13-25)30-20-11-9-18(16-26)10-12-20/h7,9-13,15,17H,4,6,14,25H2,1-3H3,(H,28,32)(H,29,30,31). The lowest BCUT2D eigenvalue weighted by molar-refractivity contribution is 0.0527. The maximum atomic E-state index is 11.6. The number of nitrogens with one attached hydrogen (secondary N) is 2. The van der Waals surface area contributed by atoms with Gasteiger partial charge in [-0.1, -0.05) is 11.8 Å². The molecule has 0 saturated heterocycles. The number of benzene rings is 1. The number of amides is 1. The van der Waals surface area contributed by atoms with Crippen molar-refractivity contribution in [3.05, 3.63) is 53.9 Å². The van der Waals surface area contributed by atoms with E-state index < -0.39 is 11.7 Å². The Kier molecular flexibility index (Phi) is 9.41. The number of alkyl carbamates (subject to hydrolysis) is 1. The van der Waals surface area contributed by atoms with Gasteiger partial charge in [0, 0.05) is 24.9 Å². The van der Waals surface area contributed by atoms with Crippen LogP contribution >= 0.6 is 0 Å². The summed E-state index contributed by atoms with van der Waals surface area (Å²) in [4.78, 5) is 24.7. The van der Waals surface area contributed by atoms with E-state index in [1.54, 1.807) is 36.5 Å². The van der Waals surface area contributed by atoms with Gasteiger partial charge in [-0.15, -0.1) is 0 Å². The van der Waals surface area contributed by atoms with E-state index in [9.17, 15) is 4.79 Å². The van der Waals surface area contributed by atoms with Gasteiger partial charge in [0.15, 0.2) is 5.82 Å². The summed E-state index contributed by atoms with van der Waals surface area (Å²) in [5.74, 6) is 6.80. The van der Waals surface area contributed by atoms with Crippen LogP contribution in [0.15, 0.2) is 47.7 Å². The number of unbranched alkanes of at least 4 members (excludes halogenated alkanes) is 1. The summed E-state index contributed by atoms with van der Waals surface area (Å²) in [6, 6.07) is 9.00. The Morgan fingerprint density at radius 1 is 1.30 bits per heavy atom. The van der Waals surface area contributed by atoms with Gasteiger partial charge < -0.3 is 21.1 Å². The maximum Gasteiger partial charge on any atom is 0.407 e. The normalized spacial score (nSPS) is 11.0. The molecule has 0 aliphatic carbocycles. The number of carbonyl (C=O) groups is 1. The highest BCUT2D eigenvalue weighted by molar-refractivity contribution is 5.75. The van der Waals surface area contributed by atoms with Crippen molar-refractivity contribution in [2.45, 2.75) is 39.2 Å². The number of rotatable bonds is 7. The number of hydrogen-bond donors (Lipinski definition) is 3. The topological polar surface area (TPSA) is 138 Å². The average molecular weight is 446 g/mol. The van der Waals surface area contributed by atoms with E-state index in [4.69, 9.17) is 15.7 Å². The van der Waals surface area contributed by atoms with Crippen LogP contribution in [0.4, 0.5) is 22.2 Å². The second kappa shape index (κ2) is 12.5. The lowest BCUT2D eigenvalue weighted by atomic mass is 10.2. The van der Waals surface area contributed by atoms with Crippen LogP contribution in [-0.4, -0.2) is 34.4 Å². The molecule has 2 aromatic rings. The molecule has 9 nitrogen and oxygen atoms in total. The number of allylic oxidation sites excluding steroid dienone is 1. The van der Waals surface area contributed by atoms with Crippen LogP contribution in [0.1, 0.15) is 44.7 Å². The molecule has 0 unspecified atom stereocenters. The lowest BCUT2D eigenvalue weighted by Crippen LogP contribution is -2.32. The Labute approximate surface area is 193 Å². The zero-order valence-electron chi connectivity index (χ0n) is 18.9. The van der Waals surface area contributed by atoms with E-state index in [0.717, 1.165) is 5.69 Å². The van der Waals surface area contributed by atoms with Gasteiger partial charge in [-0.2, -0.15) is 10.2 Å². The van der Waals surface area contributed by atoms with Crippen molar-refractivity contribution in [3.63, 3.8) is 0 Å². The van der Waals surface area contributed by atoms with E-state index in [1.807, 2.05) is 20.8 Å². The fraction of sp³-hybridized carbons (Fsp3) is 0.292. The summed E-state index contributed by atoms with van der Waals surface area (Å²) >= 11 is 0. The first-order valence-corrected chi connectivity index (χ1v) is 10.3. The minimum atomic E-state index is -0.527. The third-order valence-corrected chi connectivity index (χ3v) is 3.80. The van der Waals surface area contributed by atoms with Crippen LogP contribution < -0.4 is 16.4 Å². The SMILES string of the molecule is CC(C)(C)OC(=O)NCCCC#Cc1cnc(Nc2ccc(C#N)cc2)nc1N=CC=CN. The Hall–Kier alpha value is -4.37. The molecule has 0 saturated carbocycles. The monoisotopic (exact) mass is 445 g/mol. The molecule has 1 amide bonds. The number of nitrogens with zero attached hydrogens (tertiary/aromatic N) is 4. The second-order valence-electron chi connectivity index (χ2n) is 7.74. The third kappa shape index (κ3) is 9.53. The number of aliphatic imine (C=N–C) groups is 1. The molecule has 1 aromatic heterocycles. The van der Waals surface area contributed by atoms with Crippen molar-refractivity contribution < 1.29 is 9.53 Å². The van der Waals surface area contributed by atoms with Crippen molar-refractivity contribution >= 4 is 29.8 Å². The van der Waals surface area contributed by atoms with Gasteiger partial charge in [0.2, 0.25) is 5.95 Å². The minimum Gasteiger partial charge on any atom is -0.444 e. The summed E-state index contributed by atoms with van der Waals surface area (Å²) in [5.41, 5.74) is 6.69. The van der Waals surface area contributed by atoms with E-state index in [1.165, 1.54) is 12.4 Å². The van der Waals surface area contributed by atoms with Crippen molar-refractivity contribution in [3.8, 4) is 17.9 Å². The fourth-order valence-corrected chi connectivity index (χ4v) is 2.38. The van der Waals surface area contributed by atoms with Crippen LogP contribution in [0.5, 0.6) is 0 Å². The first kappa shape index (κ1) is 24.9. The van der Waals surface area contributed by atoms with Gasteiger partial charge in [0.05, 0.1) is 23.4 Å². The molecule has 33 heavy (non-hydrogen) atoms. The molecule has 0 fully saturated rings. The van der Waals surface area contributed by atoms with Crippen LogP contribution in [-0.2, 0) is 4.74 Å². The summed E-state index contributed by atoms with van der Waals surface area (Å²) in [6.45, 7) is 5.90. The molecular formula is C24H27N7O2. The van der Waals surface area contributed by atoms with Crippen LogP contribution in [0.2, 0.25) is 0 Å². The largest absolute Gasteiger partial charge is 0.444 e. The highest BCUT2D eigenvalue weighted by Gasteiger charge is 2.15. The molecule has 9 heteroatoms. The van der Waals surface area contributed by atoms with Gasteiger partial charge in [-0.05, 0) is 63.7 Å². The van der Waals surface area contributed by atoms with Crippen LogP contribution in [0.3, 0.4) is 0 Å². The van der Waals surface area contributed by atoms with Crippen LogP contribution in [0, 0.1) is 23.2 Å². The zero-order valence-corrected chi connectivity index (χ0v) is 18.9. The fourth-order valence-electron chi connectivity index (χ4n) is 2.38. The zero-order chi connectivity index (χ0) is 24.1. The van der Waals surface area contributed by atoms with Gasteiger partial charge >= 0.3 is 6.09 Å². The first-order chi connectivity index (χ1) is 15.8. The molecule has 170 valence electrons. The van der Waals surface area contributed by atoms with Gasteiger partial charge in [-0.25, -0.2) is 14.8 Å². The highest BCUT2D eigenvalue weighted by atomic mass is 16.6. The Bertz CT molecular complexity index is 1100. The quantitative estimate of drug-likeness (QED) is 0.333. The van der Waals surface area contributed by atoms with E-state index >= 15 is 0 Å². The first-order valence-electron chi connectivity index (χ1n) is 10.3. The predicted octanol–water partition coefficient (Wildman–Crippen LogP) is 3.92. The molecule has 2 rings (SSSR count). The second-order valence-corrected chi connectivity index (χ2v) is 7.74. The van der Waals surface area contributed by atoms with E-state index in [0.29, 0.717) is 42.3 Å².